The average molecular weight is 295 g/mol. The molecule has 0 saturated heterocycles. The molecule has 0 bridgehead atoms. The van der Waals surface area contributed by atoms with Crippen LogP contribution in [-0.4, -0.2) is 50.1 Å². The SMILES string of the molecule is CCN(CC(=O)N(C)C)c1cc(OC)ccc1C(N)=S. The number of methoxy groups -OCH3 is 1. The van der Waals surface area contributed by atoms with Crippen LogP contribution in [0.4, 0.5) is 5.69 Å². The van der Waals surface area contributed by atoms with Gasteiger partial charge in [-0.15, -0.1) is 0 Å². The van der Waals surface area contributed by atoms with Gasteiger partial charge in [-0.3, -0.25) is 4.79 Å². The van der Waals surface area contributed by atoms with Gasteiger partial charge in [0.25, 0.3) is 0 Å². The van der Waals surface area contributed by atoms with Crippen LogP contribution in [0.3, 0.4) is 0 Å². The number of hydrogen-bond donors (Lipinski definition) is 1. The first-order chi connectivity index (χ1) is 9.40. The minimum atomic E-state index is 0.0172. The van der Waals surface area contributed by atoms with Gasteiger partial charge >= 0.3 is 0 Å². The Morgan fingerprint density at radius 2 is 2.05 bits per heavy atom. The minimum absolute atomic E-state index is 0.0172. The summed E-state index contributed by atoms with van der Waals surface area (Å²) in [6.45, 7) is 2.92. The van der Waals surface area contributed by atoms with Crippen molar-refractivity contribution >= 4 is 28.8 Å². The van der Waals surface area contributed by atoms with Gasteiger partial charge < -0.3 is 20.3 Å². The molecular formula is C14H21N3O2S. The summed E-state index contributed by atoms with van der Waals surface area (Å²) in [6, 6.07) is 5.47. The Hall–Kier alpha value is -1.82. The standard InChI is InChI=1S/C14H21N3O2S/c1-5-17(9-13(18)16(2)3)12-8-10(19-4)6-7-11(12)14(15)20/h6-8H,5,9H2,1-4H3,(H2,15,20). The van der Waals surface area contributed by atoms with Crippen LogP contribution in [0.15, 0.2) is 18.2 Å². The van der Waals surface area contributed by atoms with Crippen molar-refractivity contribution in [3.63, 3.8) is 0 Å². The first-order valence-corrected chi connectivity index (χ1v) is 6.74. The number of ether oxygens (including phenoxy) is 1. The number of benzene rings is 1. The third-order valence-electron chi connectivity index (χ3n) is 3.02. The molecular weight excluding hydrogens is 274 g/mol. The molecule has 0 unspecified atom stereocenters. The maximum atomic E-state index is 11.9. The molecule has 6 heteroatoms. The van der Waals surface area contributed by atoms with E-state index in [4.69, 9.17) is 22.7 Å². The summed E-state index contributed by atoms with van der Waals surface area (Å²) in [5, 5.41) is 0. The van der Waals surface area contributed by atoms with Crippen LogP contribution in [0, 0.1) is 0 Å². The van der Waals surface area contributed by atoms with E-state index in [1.54, 1.807) is 32.2 Å². The number of amides is 1. The summed E-state index contributed by atoms with van der Waals surface area (Å²) in [6.07, 6.45) is 0. The normalized spacial score (nSPS) is 10.0. The van der Waals surface area contributed by atoms with Gasteiger partial charge in [-0.1, -0.05) is 12.2 Å². The molecule has 0 aliphatic heterocycles. The van der Waals surface area contributed by atoms with E-state index in [1.165, 1.54) is 0 Å². The molecule has 0 saturated carbocycles. The largest absolute Gasteiger partial charge is 0.497 e. The molecule has 0 radical (unpaired) electrons. The highest BCUT2D eigenvalue weighted by molar-refractivity contribution is 7.80. The van der Waals surface area contributed by atoms with Crippen LogP contribution in [0.2, 0.25) is 0 Å². The number of rotatable bonds is 6. The second kappa shape index (κ2) is 7.09. The Morgan fingerprint density at radius 1 is 1.40 bits per heavy atom. The Morgan fingerprint density at radius 3 is 2.50 bits per heavy atom. The van der Waals surface area contributed by atoms with E-state index in [-0.39, 0.29) is 12.5 Å². The van der Waals surface area contributed by atoms with Gasteiger partial charge in [-0.25, -0.2) is 0 Å². The van der Waals surface area contributed by atoms with E-state index < -0.39 is 0 Å². The number of carbonyl (C=O) groups is 1. The molecule has 1 rings (SSSR count). The molecule has 0 fully saturated rings. The second-order valence-corrected chi connectivity index (χ2v) is 4.99. The highest BCUT2D eigenvalue weighted by atomic mass is 32.1. The van der Waals surface area contributed by atoms with E-state index in [0.29, 0.717) is 17.3 Å². The predicted molar refractivity (Wildman–Crippen MR) is 85.5 cm³/mol. The first-order valence-electron chi connectivity index (χ1n) is 6.33. The minimum Gasteiger partial charge on any atom is -0.497 e. The summed E-state index contributed by atoms with van der Waals surface area (Å²) < 4.78 is 5.23. The quantitative estimate of drug-likeness (QED) is 0.800. The highest BCUT2D eigenvalue weighted by Crippen LogP contribution is 2.26. The summed E-state index contributed by atoms with van der Waals surface area (Å²) >= 11 is 5.08. The molecule has 1 aromatic carbocycles. The van der Waals surface area contributed by atoms with Gasteiger partial charge in [0.05, 0.1) is 19.3 Å². The van der Waals surface area contributed by atoms with Crippen molar-refractivity contribution in [2.45, 2.75) is 6.92 Å². The van der Waals surface area contributed by atoms with Crippen molar-refractivity contribution in [1.82, 2.24) is 4.90 Å². The monoisotopic (exact) mass is 295 g/mol. The Bertz CT molecular complexity index is 503. The zero-order chi connectivity index (χ0) is 15.3. The van der Waals surface area contributed by atoms with Crippen LogP contribution in [-0.2, 0) is 4.79 Å². The van der Waals surface area contributed by atoms with Crippen LogP contribution in [0.1, 0.15) is 12.5 Å². The molecule has 0 aliphatic rings. The molecule has 110 valence electrons. The number of anilines is 1. The zero-order valence-corrected chi connectivity index (χ0v) is 13.2. The number of nitrogens with two attached hydrogens (primary N) is 1. The van der Waals surface area contributed by atoms with Crippen molar-refractivity contribution in [2.24, 2.45) is 5.73 Å². The molecule has 20 heavy (non-hydrogen) atoms. The lowest BCUT2D eigenvalue weighted by atomic mass is 10.1. The fourth-order valence-electron chi connectivity index (χ4n) is 1.78. The Balaban J connectivity index is 3.18. The van der Waals surface area contributed by atoms with Crippen LogP contribution in [0.25, 0.3) is 0 Å². The van der Waals surface area contributed by atoms with Gasteiger partial charge in [0.15, 0.2) is 0 Å². The first kappa shape index (κ1) is 16.2. The topological polar surface area (TPSA) is 58.8 Å². The molecule has 1 amide bonds. The van der Waals surface area contributed by atoms with E-state index in [2.05, 4.69) is 0 Å². The summed E-state index contributed by atoms with van der Waals surface area (Å²) in [4.78, 5) is 15.7. The molecule has 1 aromatic rings. The Kier molecular flexibility index (Phi) is 5.76. The van der Waals surface area contributed by atoms with Crippen molar-refractivity contribution in [2.75, 3.05) is 39.2 Å². The van der Waals surface area contributed by atoms with E-state index in [1.807, 2.05) is 24.0 Å². The van der Waals surface area contributed by atoms with Crippen LogP contribution >= 0.6 is 12.2 Å². The number of nitrogens with zero attached hydrogens (tertiary/aromatic N) is 2. The summed E-state index contributed by atoms with van der Waals surface area (Å²) in [5.41, 5.74) is 7.32. The number of hydrogen-bond acceptors (Lipinski definition) is 4. The molecule has 0 aliphatic carbocycles. The zero-order valence-electron chi connectivity index (χ0n) is 12.3. The number of thiocarbonyl (C=S) groups is 1. The molecule has 0 aromatic heterocycles. The fourth-order valence-corrected chi connectivity index (χ4v) is 1.95. The highest BCUT2D eigenvalue weighted by Gasteiger charge is 2.16. The van der Waals surface area contributed by atoms with Gasteiger partial charge in [-0.05, 0) is 19.1 Å². The lowest BCUT2D eigenvalue weighted by Crippen LogP contribution is -2.37. The maximum Gasteiger partial charge on any atom is 0.241 e. The fraction of sp³-hybridized carbons (Fsp3) is 0.429. The van der Waals surface area contributed by atoms with E-state index in [0.717, 1.165) is 11.3 Å². The average Bonchev–Trinajstić information content (AvgIpc) is 2.43. The third kappa shape index (κ3) is 3.84. The Labute approximate surface area is 125 Å². The van der Waals surface area contributed by atoms with Gasteiger partial charge in [0, 0.05) is 32.3 Å². The summed E-state index contributed by atoms with van der Waals surface area (Å²) in [5.74, 6) is 0.722. The maximum absolute atomic E-state index is 11.9. The van der Waals surface area contributed by atoms with Crippen molar-refractivity contribution in [1.29, 1.82) is 0 Å². The number of carbonyl (C=O) groups excluding carboxylic acids is 1. The lowest BCUT2D eigenvalue weighted by Gasteiger charge is -2.26. The smallest absolute Gasteiger partial charge is 0.241 e. The molecule has 0 spiro atoms. The third-order valence-corrected chi connectivity index (χ3v) is 3.24. The van der Waals surface area contributed by atoms with Crippen molar-refractivity contribution in [3.8, 4) is 5.75 Å². The molecule has 0 heterocycles. The predicted octanol–water partition coefficient (Wildman–Crippen LogP) is 1.24. The van der Waals surface area contributed by atoms with E-state index >= 15 is 0 Å². The second-order valence-electron chi connectivity index (χ2n) is 4.55. The van der Waals surface area contributed by atoms with E-state index in [9.17, 15) is 4.79 Å². The van der Waals surface area contributed by atoms with Crippen LogP contribution < -0.4 is 15.4 Å². The lowest BCUT2D eigenvalue weighted by molar-refractivity contribution is -0.127. The van der Waals surface area contributed by atoms with Crippen LogP contribution in [0.5, 0.6) is 5.75 Å². The summed E-state index contributed by atoms with van der Waals surface area (Å²) in [7, 11) is 5.06. The van der Waals surface area contributed by atoms with Crippen molar-refractivity contribution in [3.05, 3.63) is 23.8 Å². The van der Waals surface area contributed by atoms with Gasteiger partial charge in [0.1, 0.15) is 10.7 Å². The van der Waals surface area contributed by atoms with Crippen molar-refractivity contribution < 1.29 is 9.53 Å². The van der Waals surface area contributed by atoms with Gasteiger partial charge in [0.2, 0.25) is 5.91 Å². The molecule has 2 N–H and O–H groups in total. The number of likely N-dealkylation sites (N-methyl/N-ethyl adjacent to an activating group) is 2. The molecule has 5 nitrogen and oxygen atoms in total. The molecule has 0 atom stereocenters. The van der Waals surface area contributed by atoms with Gasteiger partial charge in [-0.2, -0.15) is 0 Å².